The Labute approximate surface area is 205 Å². The van der Waals surface area contributed by atoms with E-state index in [1.807, 2.05) is 24.3 Å². The number of carboxylic acid groups (broad SMARTS) is 1. The van der Waals surface area contributed by atoms with Gasteiger partial charge in [0.05, 0.1) is 5.92 Å². The van der Waals surface area contributed by atoms with Crippen molar-refractivity contribution in [2.24, 2.45) is 11.8 Å². The van der Waals surface area contributed by atoms with Crippen LogP contribution in [0.1, 0.15) is 62.0 Å². The van der Waals surface area contributed by atoms with Crippen LogP contribution in [-0.2, 0) is 14.3 Å². The first kappa shape index (κ1) is 23.4. The fraction of sp³-hybridized carbons (Fsp3) is 0.464. The Morgan fingerprint density at radius 1 is 0.914 bits per heavy atom. The Bertz CT molecular complexity index is 1070. The van der Waals surface area contributed by atoms with Gasteiger partial charge in [-0.25, -0.2) is 4.79 Å². The zero-order valence-electron chi connectivity index (χ0n) is 19.7. The lowest BCUT2D eigenvalue weighted by atomic mass is 9.78. The third kappa shape index (κ3) is 4.90. The maximum absolute atomic E-state index is 12.8. The van der Waals surface area contributed by atoms with E-state index in [1.54, 1.807) is 0 Å². The van der Waals surface area contributed by atoms with Gasteiger partial charge in [0.2, 0.25) is 5.91 Å². The molecule has 0 bridgehead atoms. The molecule has 2 amide bonds. The van der Waals surface area contributed by atoms with E-state index >= 15 is 0 Å². The highest BCUT2D eigenvalue weighted by atomic mass is 16.5. The van der Waals surface area contributed by atoms with Gasteiger partial charge in [0.15, 0.2) is 0 Å². The van der Waals surface area contributed by atoms with Crippen molar-refractivity contribution in [3.8, 4) is 11.1 Å². The molecule has 2 aromatic carbocycles. The van der Waals surface area contributed by atoms with Crippen LogP contribution in [0.3, 0.4) is 0 Å². The number of carbonyl (C=O) groups is 3. The summed E-state index contributed by atoms with van der Waals surface area (Å²) in [6, 6.07) is 15.7. The van der Waals surface area contributed by atoms with Crippen molar-refractivity contribution in [3.63, 3.8) is 0 Å². The molecule has 2 saturated carbocycles. The molecule has 7 nitrogen and oxygen atoms in total. The van der Waals surface area contributed by atoms with Crippen molar-refractivity contribution in [2.75, 3.05) is 6.61 Å². The molecular weight excluding hydrogens is 444 g/mol. The van der Waals surface area contributed by atoms with Gasteiger partial charge in [-0.3, -0.25) is 9.59 Å². The molecule has 35 heavy (non-hydrogen) atoms. The minimum Gasteiger partial charge on any atom is -0.481 e. The van der Waals surface area contributed by atoms with E-state index in [-0.39, 0.29) is 42.9 Å². The maximum atomic E-state index is 12.8. The fourth-order valence-corrected chi connectivity index (χ4v) is 5.86. The summed E-state index contributed by atoms with van der Waals surface area (Å²) in [6.45, 7) is 0.228. The topological polar surface area (TPSA) is 105 Å². The van der Waals surface area contributed by atoms with Crippen LogP contribution in [0.4, 0.5) is 4.79 Å². The number of ether oxygens (including phenoxy) is 1. The molecule has 3 N–H and O–H groups in total. The molecule has 0 saturated heterocycles. The summed E-state index contributed by atoms with van der Waals surface area (Å²) in [5.41, 5.74) is 4.65. The van der Waals surface area contributed by atoms with E-state index in [0.29, 0.717) is 12.8 Å². The van der Waals surface area contributed by atoms with Gasteiger partial charge in [0, 0.05) is 24.4 Å². The van der Waals surface area contributed by atoms with E-state index in [2.05, 4.69) is 34.9 Å². The van der Waals surface area contributed by atoms with Crippen molar-refractivity contribution in [1.82, 2.24) is 10.6 Å². The molecule has 0 aliphatic heterocycles. The summed E-state index contributed by atoms with van der Waals surface area (Å²) < 4.78 is 5.69. The number of nitrogens with one attached hydrogen (secondary N) is 2. The lowest BCUT2D eigenvalue weighted by molar-refractivity contribution is -0.142. The van der Waals surface area contributed by atoms with Crippen molar-refractivity contribution in [1.29, 1.82) is 0 Å². The highest BCUT2D eigenvalue weighted by Gasteiger charge is 2.36. The Morgan fingerprint density at radius 3 is 2.14 bits per heavy atom. The van der Waals surface area contributed by atoms with E-state index in [9.17, 15) is 19.5 Å². The highest BCUT2D eigenvalue weighted by Crippen LogP contribution is 2.44. The molecular formula is C28H32N2O5. The van der Waals surface area contributed by atoms with Gasteiger partial charge in [-0.05, 0) is 53.9 Å². The van der Waals surface area contributed by atoms with Crippen molar-refractivity contribution >= 4 is 18.0 Å². The predicted octanol–water partition coefficient (Wildman–Crippen LogP) is 4.45. The lowest BCUT2D eigenvalue weighted by Crippen LogP contribution is -2.48. The Morgan fingerprint density at radius 2 is 1.54 bits per heavy atom. The Hall–Kier alpha value is -3.35. The molecule has 0 spiro atoms. The normalized spacial score (nSPS) is 21.9. The molecule has 5 rings (SSSR count). The average Bonchev–Trinajstić information content (AvgIpc) is 3.39. The van der Waals surface area contributed by atoms with Crippen molar-refractivity contribution in [2.45, 2.75) is 62.9 Å². The number of hydrogen-bond acceptors (Lipinski definition) is 4. The largest absolute Gasteiger partial charge is 0.481 e. The zero-order valence-corrected chi connectivity index (χ0v) is 19.7. The van der Waals surface area contributed by atoms with E-state index in [4.69, 9.17) is 4.74 Å². The first-order valence-corrected chi connectivity index (χ1v) is 12.6. The number of rotatable bonds is 8. The number of carboxylic acids is 1. The standard InChI is InChI=1S/C28H32N2O5/c31-26(29-24-14-6-13-22(24)27(32)33)15-25(17-7-5-8-17)30-28(34)35-16-23-20-11-3-1-9-18(20)19-10-2-4-12-21(19)23/h1-4,9-12,17,22-25H,5-8,13-16H2,(H,29,31)(H,30,34)(H,32,33)/t22-,24+,25?/m1/s1. The van der Waals surface area contributed by atoms with Gasteiger partial charge >= 0.3 is 12.1 Å². The number of benzene rings is 2. The third-order valence-corrected chi connectivity index (χ3v) is 7.95. The highest BCUT2D eigenvalue weighted by molar-refractivity contribution is 5.80. The van der Waals surface area contributed by atoms with E-state index in [0.717, 1.165) is 36.8 Å². The summed E-state index contributed by atoms with van der Waals surface area (Å²) in [7, 11) is 0. The molecule has 0 aromatic heterocycles. The summed E-state index contributed by atoms with van der Waals surface area (Å²) >= 11 is 0. The molecule has 3 atom stereocenters. The first-order chi connectivity index (χ1) is 17.0. The van der Waals surface area contributed by atoms with E-state index in [1.165, 1.54) is 11.1 Å². The predicted molar refractivity (Wildman–Crippen MR) is 131 cm³/mol. The number of amides is 2. The number of aliphatic carboxylic acids is 1. The molecule has 3 aliphatic rings. The molecule has 3 aliphatic carbocycles. The number of alkyl carbamates (subject to hydrolysis) is 1. The molecule has 1 unspecified atom stereocenters. The summed E-state index contributed by atoms with van der Waals surface area (Å²) in [6.07, 6.45) is 4.69. The summed E-state index contributed by atoms with van der Waals surface area (Å²) in [5, 5.41) is 15.2. The van der Waals surface area contributed by atoms with Gasteiger partial charge in [-0.1, -0.05) is 61.4 Å². The second-order valence-corrected chi connectivity index (χ2v) is 10.0. The number of hydrogen-bond donors (Lipinski definition) is 3. The maximum Gasteiger partial charge on any atom is 0.407 e. The minimum atomic E-state index is -0.861. The molecule has 2 aromatic rings. The first-order valence-electron chi connectivity index (χ1n) is 12.6. The zero-order chi connectivity index (χ0) is 24.4. The van der Waals surface area contributed by atoms with Crippen LogP contribution in [0.5, 0.6) is 0 Å². The molecule has 0 heterocycles. The lowest BCUT2D eigenvalue weighted by Gasteiger charge is -2.34. The fourth-order valence-electron chi connectivity index (χ4n) is 5.86. The van der Waals surface area contributed by atoms with Crippen molar-refractivity contribution < 1.29 is 24.2 Å². The average molecular weight is 477 g/mol. The van der Waals surface area contributed by atoms with Gasteiger partial charge in [-0.2, -0.15) is 0 Å². The van der Waals surface area contributed by atoms with Crippen LogP contribution < -0.4 is 10.6 Å². The van der Waals surface area contributed by atoms with Gasteiger partial charge in [0.25, 0.3) is 0 Å². The van der Waals surface area contributed by atoms with Gasteiger partial charge in [0.1, 0.15) is 6.61 Å². The summed E-state index contributed by atoms with van der Waals surface area (Å²) in [4.78, 5) is 37.0. The summed E-state index contributed by atoms with van der Waals surface area (Å²) in [5.74, 6) is -1.38. The van der Waals surface area contributed by atoms with Gasteiger partial charge < -0.3 is 20.5 Å². The van der Waals surface area contributed by atoms with Crippen LogP contribution in [0.2, 0.25) is 0 Å². The van der Waals surface area contributed by atoms with Crippen LogP contribution >= 0.6 is 0 Å². The molecule has 2 fully saturated rings. The molecule has 184 valence electrons. The van der Waals surface area contributed by atoms with Crippen LogP contribution in [0.15, 0.2) is 48.5 Å². The van der Waals surface area contributed by atoms with Crippen LogP contribution in [0.25, 0.3) is 11.1 Å². The Kier molecular flexibility index (Phi) is 6.75. The van der Waals surface area contributed by atoms with Gasteiger partial charge in [-0.15, -0.1) is 0 Å². The van der Waals surface area contributed by atoms with E-state index < -0.39 is 18.0 Å². The van der Waals surface area contributed by atoms with Crippen LogP contribution in [-0.4, -0.2) is 41.8 Å². The Balaban J connectivity index is 1.19. The van der Waals surface area contributed by atoms with Crippen LogP contribution in [0, 0.1) is 11.8 Å². The van der Waals surface area contributed by atoms with Crippen molar-refractivity contribution in [3.05, 3.63) is 59.7 Å². The number of carbonyl (C=O) groups excluding carboxylic acids is 2. The number of fused-ring (bicyclic) bond motifs is 3. The second kappa shape index (κ2) is 10.1. The second-order valence-electron chi connectivity index (χ2n) is 10.0. The SMILES string of the molecule is O=C(CC(NC(=O)OCC1c2ccccc2-c2ccccc21)C1CCC1)N[C@H]1CCC[C@H]1C(=O)O. The minimum absolute atomic E-state index is 0.0195. The molecule has 0 radical (unpaired) electrons. The smallest absolute Gasteiger partial charge is 0.407 e. The monoisotopic (exact) mass is 476 g/mol. The third-order valence-electron chi connectivity index (χ3n) is 7.95. The quantitative estimate of drug-likeness (QED) is 0.522. The molecule has 7 heteroatoms.